The summed E-state index contributed by atoms with van der Waals surface area (Å²) < 4.78 is 0. The molecule has 0 spiro atoms. The zero-order valence-electron chi connectivity index (χ0n) is 19.9. The van der Waals surface area contributed by atoms with E-state index in [-0.39, 0.29) is 29.6 Å². The van der Waals surface area contributed by atoms with Gasteiger partial charge in [-0.25, -0.2) is 0 Å². The van der Waals surface area contributed by atoms with E-state index in [2.05, 4.69) is 18.8 Å². The van der Waals surface area contributed by atoms with Crippen LogP contribution in [0.4, 0.5) is 5.69 Å². The second-order valence-corrected chi connectivity index (χ2v) is 10.5. The average Bonchev–Trinajstić information content (AvgIpc) is 3.17. The minimum absolute atomic E-state index is 0.00971. The first-order chi connectivity index (χ1) is 14.7. The van der Waals surface area contributed by atoms with Gasteiger partial charge in [-0.15, -0.1) is 11.3 Å². The fourth-order valence-electron chi connectivity index (χ4n) is 4.14. The molecule has 1 heterocycles. The molecule has 0 saturated heterocycles. The summed E-state index contributed by atoms with van der Waals surface area (Å²) in [5.41, 5.74) is 0.712. The lowest BCUT2D eigenvalue weighted by Crippen LogP contribution is -2.35. The first-order valence-corrected chi connectivity index (χ1v) is 12.6. The quantitative estimate of drug-likeness (QED) is 0.454. The van der Waals surface area contributed by atoms with Crippen molar-refractivity contribution in [3.63, 3.8) is 0 Å². The van der Waals surface area contributed by atoms with Gasteiger partial charge < -0.3 is 10.0 Å². The highest BCUT2D eigenvalue weighted by Gasteiger charge is 2.29. The second-order valence-electron chi connectivity index (χ2n) is 9.45. The van der Waals surface area contributed by atoms with Gasteiger partial charge in [-0.05, 0) is 50.5 Å². The van der Waals surface area contributed by atoms with Crippen LogP contribution < -0.4 is 4.90 Å². The Balaban J connectivity index is 0.000000412. The van der Waals surface area contributed by atoms with Gasteiger partial charge in [0.15, 0.2) is 5.78 Å². The minimum atomic E-state index is -0.00971. The molecule has 31 heavy (non-hydrogen) atoms. The van der Waals surface area contributed by atoms with Crippen LogP contribution in [0.15, 0.2) is 6.07 Å². The van der Waals surface area contributed by atoms with E-state index >= 15 is 0 Å². The summed E-state index contributed by atoms with van der Waals surface area (Å²) in [7, 11) is 1.79. The van der Waals surface area contributed by atoms with Crippen molar-refractivity contribution < 1.29 is 14.7 Å². The van der Waals surface area contributed by atoms with Gasteiger partial charge in [0, 0.05) is 25.8 Å². The zero-order chi connectivity index (χ0) is 23.0. The molecule has 1 amide bonds. The SMILES string of the molecule is CC(=O)c1sc(C#CC(C)C)cc1N(C)C(=O)C1CCC(C)CC1.OC1CCCCC1. The van der Waals surface area contributed by atoms with Crippen molar-refractivity contribution in [3.05, 3.63) is 15.8 Å². The van der Waals surface area contributed by atoms with E-state index in [1.807, 2.05) is 19.9 Å². The molecular weight excluding hydrogens is 406 g/mol. The van der Waals surface area contributed by atoms with Crippen LogP contribution in [0.1, 0.15) is 100 Å². The number of anilines is 1. The maximum absolute atomic E-state index is 12.8. The first-order valence-electron chi connectivity index (χ1n) is 11.8. The Hall–Kier alpha value is -1.64. The maximum Gasteiger partial charge on any atom is 0.229 e. The summed E-state index contributed by atoms with van der Waals surface area (Å²) in [5.74, 6) is 7.43. The van der Waals surface area contributed by atoms with Crippen LogP contribution in [0.25, 0.3) is 0 Å². The smallest absolute Gasteiger partial charge is 0.229 e. The molecule has 2 aliphatic rings. The normalized spacial score (nSPS) is 21.5. The monoisotopic (exact) mass is 445 g/mol. The fourth-order valence-corrected chi connectivity index (χ4v) is 5.09. The van der Waals surface area contributed by atoms with Gasteiger partial charge in [0.05, 0.1) is 21.5 Å². The van der Waals surface area contributed by atoms with E-state index in [0.29, 0.717) is 16.5 Å². The van der Waals surface area contributed by atoms with Crippen LogP contribution >= 0.6 is 11.3 Å². The first kappa shape index (κ1) is 25.6. The number of aliphatic hydroxyl groups excluding tert-OH is 1. The van der Waals surface area contributed by atoms with E-state index in [1.54, 1.807) is 18.9 Å². The predicted octanol–water partition coefficient (Wildman–Crippen LogP) is 6.06. The third-order valence-corrected chi connectivity index (χ3v) is 7.29. The van der Waals surface area contributed by atoms with Crippen molar-refractivity contribution in [1.82, 2.24) is 0 Å². The molecule has 0 radical (unpaired) electrons. The number of ketones is 1. The summed E-state index contributed by atoms with van der Waals surface area (Å²) >= 11 is 1.39. The number of nitrogens with zero attached hydrogens (tertiary/aromatic N) is 1. The highest BCUT2D eigenvalue weighted by molar-refractivity contribution is 7.15. The average molecular weight is 446 g/mol. The molecule has 0 aromatic carbocycles. The summed E-state index contributed by atoms with van der Waals surface area (Å²) in [5, 5.41) is 8.91. The van der Waals surface area contributed by atoms with Crippen molar-refractivity contribution in [2.75, 3.05) is 11.9 Å². The molecule has 1 aromatic rings. The molecule has 0 bridgehead atoms. The highest BCUT2D eigenvalue weighted by Crippen LogP contribution is 2.34. The molecule has 2 fully saturated rings. The summed E-state index contributed by atoms with van der Waals surface area (Å²) in [6, 6.07) is 1.89. The lowest BCUT2D eigenvalue weighted by atomic mass is 9.82. The number of hydrogen-bond donors (Lipinski definition) is 1. The lowest BCUT2D eigenvalue weighted by Gasteiger charge is -2.29. The number of amides is 1. The Labute approximate surface area is 192 Å². The number of carbonyl (C=O) groups excluding carboxylic acids is 2. The van der Waals surface area contributed by atoms with Crippen LogP contribution in [-0.2, 0) is 4.79 Å². The zero-order valence-corrected chi connectivity index (χ0v) is 20.7. The number of carbonyl (C=O) groups is 2. The van der Waals surface area contributed by atoms with Gasteiger partial charge in [0.1, 0.15) is 0 Å². The topological polar surface area (TPSA) is 57.6 Å². The molecule has 172 valence electrons. The van der Waals surface area contributed by atoms with Crippen molar-refractivity contribution in [2.45, 2.75) is 91.6 Å². The summed E-state index contributed by atoms with van der Waals surface area (Å²) in [6.07, 6.45) is 10.0. The third kappa shape index (κ3) is 8.09. The number of Topliss-reactive ketones (excluding diaryl/α,β-unsaturated/α-hetero) is 1. The number of aliphatic hydroxyl groups is 1. The molecule has 0 atom stereocenters. The summed E-state index contributed by atoms with van der Waals surface area (Å²) in [4.78, 5) is 28.0. The number of hydrogen-bond acceptors (Lipinski definition) is 4. The Morgan fingerprint density at radius 2 is 1.71 bits per heavy atom. The minimum Gasteiger partial charge on any atom is -0.393 e. The predicted molar refractivity (Wildman–Crippen MR) is 130 cm³/mol. The van der Waals surface area contributed by atoms with Gasteiger partial charge in [0.25, 0.3) is 0 Å². The van der Waals surface area contributed by atoms with E-state index in [9.17, 15) is 9.59 Å². The lowest BCUT2D eigenvalue weighted by molar-refractivity contribution is -0.123. The molecule has 0 aliphatic heterocycles. The van der Waals surface area contributed by atoms with Crippen molar-refractivity contribution in [3.8, 4) is 11.8 Å². The van der Waals surface area contributed by atoms with Crippen LogP contribution in [0.3, 0.4) is 0 Å². The Morgan fingerprint density at radius 3 is 2.19 bits per heavy atom. The molecule has 2 saturated carbocycles. The Morgan fingerprint density at radius 1 is 1.10 bits per heavy atom. The van der Waals surface area contributed by atoms with E-state index in [4.69, 9.17) is 5.11 Å². The van der Waals surface area contributed by atoms with Crippen LogP contribution in [0.2, 0.25) is 0 Å². The van der Waals surface area contributed by atoms with Gasteiger partial charge in [-0.2, -0.15) is 0 Å². The summed E-state index contributed by atoms with van der Waals surface area (Å²) in [6.45, 7) is 7.87. The molecule has 2 aliphatic carbocycles. The van der Waals surface area contributed by atoms with E-state index in [1.165, 1.54) is 30.6 Å². The van der Waals surface area contributed by atoms with Crippen molar-refractivity contribution in [1.29, 1.82) is 0 Å². The molecule has 4 nitrogen and oxygen atoms in total. The fraction of sp³-hybridized carbons (Fsp3) is 0.692. The molecule has 1 N–H and O–H groups in total. The van der Waals surface area contributed by atoms with E-state index < -0.39 is 0 Å². The van der Waals surface area contributed by atoms with Gasteiger partial charge in [0.2, 0.25) is 5.91 Å². The largest absolute Gasteiger partial charge is 0.393 e. The number of thiophene rings is 1. The third-order valence-electron chi connectivity index (χ3n) is 6.15. The Bertz CT molecular complexity index is 787. The standard InChI is InChI=1S/C20H27NO2S.C6H12O/c1-13(2)6-11-17-12-18(19(24-17)15(4)22)21(5)20(23)16-9-7-14(3)8-10-16;7-6-4-2-1-3-5-6/h12-14,16H,7-10H2,1-5H3;6-7H,1-5H2. The molecule has 3 rings (SSSR count). The highest BCUT2D eigenvalue weighted by atomic mass is 32.1. The van der Waals surface area contributed by atoms with Gasteiger partial charge in [-0.3, -0.25) is 9.59 Å². The molecule has 1 aromatic heterocycles. The Kier molecular flexibility index (Phi) is 10.3. The van der Waals surface area contributed by atoms with Gasteiger partial charge >= 0.3 is 0 Å². The van der Waals surface area contributed by atoms with E-state index in [0.717, 1.165) is 43.4 Å². The molecule has 5 heteroatoms. The maximum atomic E-state index is 12.8. The van der Waals surface area contributed by atoms with Gasteiger partial charge in [-0.1, -0.05) is 51.9 Å². The van der Waals surface area contributed by atoms with Crippen LogP contribution in [-0.4, -0.2) is 29.9 Å². The number of rotatable bonds is 3. The second kappa shape index (κ2) is 12.4. The van der Waals surface area contributed by atoms with Crippen molar-refractivity contribution in [2.24, 2.45) is 17.8 Å². The van der Waals surface area contributed by atoms with Crippen molar-refractivity contribution >= 4 is 28.7 Å². The molecular formula is C26H39NO3S. The van der Waals surface area contributed by atoms with Crippen LogP contribution in [0.5, 0.6) is 0 Å². The molecule has 0 unspecified atom stereocenters. The van der Waals surface area contributed by atoms with Crippen LogP contribution in [0, 0.1) is 29.6 Å².